The number of aromatic nitrogens is 2. The summed E-state index contributed by atoms with van der Waals surface area (Å²) in [6, 6.07) is 19.7. The van der Waals surface area contributed by atoms with Gasteiger partial charge in [-0.05, 0) is 99.3 Å². The first-order valence-corrected chi connectivity index (χ1v) is 13.6. The molecular formula is C29H34N4OS. The van der Waals surface area contributed by atoms with Gasteiger partial charge >= 0.3 is 0 Å². The van der Waals surface area contributed by atoms with Crippen LogP contribution in [0, 0.1) is 0 Å². The normalized spacial score (nSPS) is 23.5. The van der Waals surface area contributed by atoms with Crippen molar-refractivity contribution in [2.45, 2.75) is 82.0 Å². The van der Waals surface area contributed by atoms with Gasteiger partial charge in [0.15, 0.2) is 5.11 Å². The molecule has 0 unspecified atom stereocenters. The maximum atomic E-state index is 6.23. The second-order valence-corrected chi connectivity index (χ2v) is 10.5. The van der Waals surface area contributed by atoms with Gasteiger partial charge in [-0.15, -0.1) is 0 Å². The maximum absolute atomic E-state index is 6.23. The van der Waals surface area contributed by atoms with Gasteiger partial charge < -0.3 is 19.5 Å². The standard InChI is InChI=1S/C29H34N4OS/c35-29-31-27(25-13-6-7-19-30-25)28(26-14-8-20-32(26)21-9-2-1-3-10-21)33(29)22-15-17-24(18-16-22)34-23-11-4-5-12-23/h6-8,13-21,23,27-28H,1-5,9-12H2,(H,31,35)/t27-,28+/m0/s1. The van der Waals surface area contributed by atoms with Crippen LogP contribution in [0.2, 0.25) is 0 Å². The van der Waals surface area contributed by atoms with E-state index in [1.165, 1.54) is 50.6 Å². The number of rotatable bonds is 6. The van der Waals surface area contributed by atoms with Crippen molar-refractivity contribution < 1.29 is 4.74 Å². The fraction of sp³-hybridized carbons (Fsp3) is 0.448. The van der Waals surface area contributed by atoms with Crippen LogP contribution in [0.15, 0.2) is 67.0 Å². The molecule has 3 aliphatic rings. The first kappa shape index (κ1) is 22.6. The van der Waals surface area contributed by atoms with E-state index in [2.05, 4.69) is 69.5 Å². The van der Waals surface area contributed by atoms with E-state index in [-0.39, 0.29) is 12.1 Å². The summed E-state index contributed by atoms with van der Waals surface area (Å²) in [5.41, 5.74) is 3.40. The highest BCUT2D eigenvalue weighted by Gasteiger charge is 2.42. The van der Waals surface area contributed by atoms with Gasteiger partial charge in [-0.3, -0.25) is 4.98 Å². The van der Waals surface area contributed by atoms with E-state index in [0.29, 0.717) is 12.1 Å². The highest BCUT2D eigenvalue weighted by molar-refractivity contribution is 7.80. The van der Waals surface area contributed by atoms with Gasteiger partial charge in [0.05, 0.1) is 17.8 Å². The summed E-state index contributed by atoms with van der Waals surface area (Å²) in [5.74, 6) is 0.946. The molecule has 3 heterocycles. The second-order valence-electron chi connectivity index (χ2n) is 10.1. The molecule has 1 saturated heterocycles. The quantitative estimate of drug-likeness (QED) is 0.384. The molecule has 6 rings (SSSR count). The summed E-state index contributed by atoms with van der Waals surface area (Å²) in [7, 11) is 0. The van der Waals surface area contributed by atoms with Crippen molar-refractivity contribution in [3.8, 4) is 5.75 Å². The number of nitrogens with zero attached hydrogens (tertiary/aromatic N) is 3. The van der Waals surface area contributed by atoms with E-state index in [0.717, 1.165) is 35.1 Å². The highest BCUT2D eigenvalue weighted by Crippen LogP contribution is 2.43. The van der Waals surface area contributed by atoms with Gasteiger partial charge in [-0.1, -0.05) is 25.3 Å². The third kappa shape index (κ3) is 4.56. The summed E-state index contributed by atoms with van der Waals surface area (Å²) >= 11 is 5.95. The van der Waals surface area contributed by atoms with Crippen molar-refractivity contribution in [1.29, 1.82) is 0 Å². The molecule has 5 nitrogen and oxygen atoms in total. The molecule has 35 heavy (non-hydrogen) atoms. The van der Waals surface area contributed by atoms with Gasteiger partial charge in [0, 0.05) is 29.8 Å². The van der Waals surface area contributed by atoms with Crippen LogP contribution >= 0.6 is 12.2 Å². The van der Waals surface area contributed by atoms with E-state index in [1.807, 2.05) is 12.3 Å². The van der Waals surface area contributed by atoms with Crippen LogP contribution in [0.4, 0.5) is 5.69 Å². The van der Waals surface area contributed by atoms with Crippen LogP contribution in [0.1, 0.15) is 87.3 Å². The molecule has 0 radical (unpaired) electrons. The number of thiocarbonyl (C=S) groups is 1. The molecule has 2 saturated carbocycles. The zero-order valence-electron chi connectivity index (χ0n) is 20.2. The number of hydrogen-bond acceptors (Lipinski definition) is 3. The Morgan fingerprint density at radius 3 is 2.37 bits per heavy atom. The molecule has 1 N–H and O–H groups in total. The van der Waals surface area contributed by atoms with Crippen molar-refractivity contribution in [3.05, 3.63) is 78.4 Å². The van der Waals surface area contributed by atoms with Gasteiger partial charge in [0.25, 0.3) is 0 Å². The van der Waals surface area contributed by atoms with Crippen molar-refractivity contribution in [2.24, 2.45) is 0 Å². The summed E-state index contributed by atoms with van der Waals surface area (Å²) in [6.45, 7) is 0. The van der Waals surface area contributed by atoms with E-state index in [1.54, 1.807) is 0 Å². The Balaban J connectivity index is 1.35. The molecule has 2 aromatic heterocycles. The van der Waals surface area contributed by atoms with Crippen LogP contribution in [-0.2, 0) is 0 Å². The molecular weight excluding hydrogens is 452 g/mol. The fourth-order valence-electron chi connectivity index (χ4n) is 6.17. The fourth-order valence-corrected chi connectivity index (χ4v) is 6.51. The minimum absolute atomic E-state index is 0.0182. The third-order valence-electron chi connectivity index (χ3n) is 7.90. The summed E-state index contributed by atoms with van der Waals surface area (Å²) in [6.07, 6.45) is 15.8. The Morgan fingerprint density at radius 2 is 1.63 bits per heavy atom. The number of ether oxygens (including phenoxy) is 1. The Bertz CT molecular complexity index is 1130. The van der Waals surface area contributed by atoms with E-state index in [9.17, 15) is 0 Å². The van der Waals surface area contributed by atoms with Gasteiger partial charge in [0.2, 0.25) is 0 Å². The van der Waals surface area contributed by atoms with E-state index < -0.39 is 0 Å². The maximum Gasteiger partial charge on any atom is 0.174 e. The monoisotopic (exact) mass is 486 g/mol. The van der Waals surface area contributed by atoms with E-state index >= 15 is 0 Å². The molecule has 1 aromatic carbocycles. The average Bonchev–Trinajstić information content (AvgIpc) is 3.66. The van der Waals surface area contributed by atoms with Crippen LogP contribution in [0.25, 0.3) is 0 Å². The molecule has 6 heteroatoms. The molecule has 0 amide bonds. The lowest BCUT2D eigenvalue weighted by molar-refractivity contribution is 0.210. The SMILES string of the molecule is S=C1N[C@@H](c2ccccn2)[C@@H](c2cccn2C2CCCCC2)N1c1ccc(OC2CCCC2)cc1. The molecule has 0 bridgehead atoms. The molecule has 0 spiro atoms. The van der Waals surface area contributed by atoms with Crippen molar-refractivity contribution in [2.75, 3.05) is 4.90 Å². The first-order valence-electron chi connectivity index (χ1n) is 13.2. The first-order chi connectivity index (χ1) is 17.3. The number of anilines is 1. The number of benzene rings is 1. The average molecular weight is 487 g/mol. The Labute approximate surface area is 213 Å². The number of hydrogen-bond donors (Lipinski definition) is 1. The van der Waals surface area contributed by atoms with Gasteiger partial charge in [-0.2, -0.15) is 0 Å². The lowest BCUT2D eigenvalue weighted by Gasteiger charge is -2.32. The van der Waals surface area contributed by atoms with Crippen LogP contribution in [-0.4, -0.2) is 20.8 Å². The summed E-state index contributed by atoms with van der Waals surface area (Å²) in [5, 5.41) is 4.35. The molecule has 1 aliphatic heterocycles. The lowest BCUT2D eigenvalue weighted by Crippen LogP contribution is -2.31. The largest absolute Gasteiger partial charge is 0.490 e. The summed E-state index contributed by atoms with van der Waals surface area (Å²) < 4.78 is 8.74. The summed E-state index contributed by atoms with van der Waals surface area (Å²) in [4.78, 5) is 7.00. The van der Waals surface area contributed by atoms with E-state index in [4.69, 9.17) is 21.9 Å². The molecule has 2 atom stereocenters. The second kappa shape index (κ2) is 10.0. The minimum atomic E-state index is -0.0182. The number of pyridine rings is 1. The Kier molecular flexibility index (Phi) is 6.47. The van der Waals surface area contributed by atoms with Crippen LogP contribution in [0.3, 0.4) is 0 Å². The smallest absolute Gasteiger partial charge is 0.174 e. The third-order valence-corrected chi connectivity index (χ3v) is 8.22. The van der Waals surface area contributed by atoms with Crippen molar-refractivity contribution >= 4 is 23.0 Å². The zero-order valence-corrected chi connectivity index (χ0v) is 21.0. The molecule has 182 valence electrons. The molecule has 3 fully saturated rings. The molecule has 3 aromatic rings. The topological polar surface area (TPSA) is 42.3 Å². The zero-order chi connectivity index (χ0) is 23.6. The minimum Gasteiger partial charge on any atom is -0.490 e. The predicted molar refractivity (Wildman–Crippen MR) is 144 cm³/mol. The Hall–Kier alpha value is -2.86. The van der Waals surface area contributed by atoms with Crippen molar-refractivity contribution in [1.82, 2.24) is 14.9 Å². The van der Waals surface area contributed by atoms with Gasteiger partial charge in [0.1, 0.15) is 11.8 Å². The Morgan fingerprint density at radius 1 is 0.857 bits per heavy atom. The van der Waals surface area contributed by atoms with Gasteiger partial charge in [-0.25, -0.2) is 0 Å². The van der Waals surface area contributed by atoms with Crippen LogP contribution < -0.4 is 15.0 Å². The number of nitrogens with one attached hydrogen (secondary N) is 1. The molecule has 2 aliphatic carbocycles. The van der Waals surface area contributed by atoms with Crippen molar-refractivity contribution in [3.63, 3.8) is 0 Å². The van der Waals surface area contributed by atoms with Crippen LogP contribution in [0.5, 0.6) is 5.75 Å². The highest BCUT2D eigenvalue weighted by atomic mass is 32.1. The lowest BCUT2D eigenvalue weighted by atomic mass is 9.94. The predicted octanol–water partition coefficient (Wildman–Crippen LogP) is 6.89.